The smallest absolute Gasteiger partial charge is 0.263 e. The Kier molecular flexibility index (Phi) is 4.97. The quantitative estimate of drug-likeness (QED) is 0.436. The lowest BCUT2D eigenvalue weighted by molar-refractivity contribution is -0.0379. The summed E-state index contributed by atoms with van der Waals surface area (Å²) in [5.41, 5.74) is 2.89. The SMILES string of the molecule is C=C(C)CSc1nc2sc3c(c2c(=O)n1CC(=C)C)CC(C)(C)OC3. The molecule has 0 unspecified atom stereocenters. The van der Waals surface area contributed by atoms with Gasteiger partial charge in [-0.25, -0.2) is 4.98 Å². The molecule has 134 valence electrons. The highest BCUT2D eigenvalue weighted by molar-refractivity contribution is 7.99. The van der Waals surface area contributed by atoms with E-state index in [2.05, 4.69) is 27.0 Å². The Morgan fingerprint density at radius 2 is 2.08 bits per heavy atom. The number of fused-ring (bicyclic) bond motifs is 3. The van der Waals surface area contributed by atoms with Gasteiger partial charge < -0.3 is 4.74 Å². The summed E-state index contributed by atoms with van der Waals surface area (Å²) < 4.78 is 7.67. The third-order valence-electron chi connectivity index (χ3n) is 4.03. The van der Waals surface area contributed by atoms with Crippen molar-refractivity contribution in [1.82, 2.24) is 9.55 Å². The number of thioether (sulfide) groups is 1. The summed E-state index contributed by atoms with van der Waals surface area (Å²) in [6.45, 7) is 17.0. The van der Waals surface area contributed by atoms with Crippen molar-refractivity contribution in [2.24, 2.45) is 0 Å². The lowest BCUT2D eigenvalue weighted by Gasteiger charge is -2.29. The van der Waals surface area contributed by atoms with Crippen molar-refractivity contribution in [2.75, 3.05) is 5.75 Å². The zero-order valence-electron chi connectivity index (χ0n) is 15.3. The number of allylic oxidation sites excluding steroid dienone is 1. The molecule has 0 radical (unpaired) electrons. The first-order valence-electron chi connectivity index (χ1n) is 8.28. The molecule has 0 aliphatic carbocycles. The molecule has 0 saturated heterocycles. The zero-order valence-corrected chi connectivity index (χ0v) is 16.9. The zero-order chi connectivity index (χ0) is 18.4. The highest BCUT2D eigenvalue weighted by Crippen LogP contribution is 2.37. The van der Waals surface area contributed by atoms with Gasteiger partial charge in [0, 0.05) is 23.6 Å². The van der Waals surface area contributed by atoms with Crippen LogP contribution in [-0.2, 0) is 24.3 Å². The van der Waals surface area contributed by atoms with Gasteiger partial charge in [0.15, 0.2) is 5.16 Å². The average Bonchev–Trinajstić information content (AvgIpc) is 2.84. The molecule has 0 bridgehead atoms. The number of nitrogens with zero attached hydrogens (tertiary/aromatic N) is 2. The number of rotatable bonds is 5. The minimum Gasteiger partial charge on any atom is -0.370 e. The van der Waals surface area contributed by atoms with Crippen molar-refractivity contribution in [3.05, 3.63) is 45.1 Å². The summed E-state index contributed by atoms with van der Waals surface area (Å²) in [4.78, 5) is 20.1. The van der Waals surface area contributed by atoms with Gasteiger partial charge >= 0.3 is 0 Å². The summed E-state index contributed by atoms with van der Waals surface area (Å²) in [6, 6.07) is 0. The van der Waals surface area contributed by atoms with E-state index in [4.69, 9.17) is 9.72 Å². The van der Waals surface area contributed by atoms with E-state index in [0.29, 0.717) is 13.2 Å². The van der Waals surface area contributed by atoms with Crippen molar-refractivity contribution < 1.29 is 4.74 Å². The van der Waals surface area contributed by atoms with Gasteiger partial charge in [-0.1, -0.05) is 36.1 Å². The maximum atomic E-state index is 13.3. The van der Waals surface area contributed by atoms with Crippen LogP contribution in [0, 0.1) is 0 Å². The molecule has 0 fully saturated rings. The number of ether oxygens (including phenoxy) is 1. The van der Waals surface area contributed by atoms with Crippen LogP contribution in [0.2, 0.25) is 0 Å². The van der Waals surface area contributed by atoms with Crippen molar-refractivity contribution >= 4 is 33.3 Å². The van der Waals surface area contributed by atoms with Crippen molar-refractivity contribution in [1.29, 1.82) is 0 Å². The molecule has 4 nitrogen and oxygen atoms in total. The van der Waals surface area contributed by atoms with E-state index in [9.17, 15) is 4.79 Å². The van der Waals surface area contributed by atoms with Crippen LogP contribution in [0.4, 0.5) is 0 Å². The van der Waals surface area contributed by atoms with Crippen LogP contribution in [0.5, 0.6) is 0 Å². The highest BCUT2D eigenvalue weighted by atomic mass is 32.2. The largest absolute Gasteiger partial charge is 0.370 e. The van der Waals surface area contributed by atoms with Gasteiger partial charge in [0.25, 0.3) is 5.56 Å². The predicted octanol–water partition coefficient (Wildman–Crippen LogP) is 4.55. The summed E-state index contributed by atoms with van der Waals surface area (Å²) in [5, 5.41) is 1.50. The second-order valence-electron chi connectivity index (χ2n) is 7.40. The highest BCUT2D eigenvalue weighted by Gasteiger charge is 2.31. The molecule has 1 aliphatic rings. The summed E-state index contributed by atoms with van der Waals surface area (Å²) in [6.07, 6.45) is 0.741. The molecule has 0 amide bonds. The van der Waals surface area contributed by atoms with Crippen LogP contribution in [-0.4, -0.2) is 20.9 Å². The fourth-order valence-corrected chi connectivity index (χ4v) is 4.90. The first kappa shape index (κ1) is 18.4. The van der Waals surface area contributed by atoms with Crippen LogP contribution >= 0.6 is 23.1 Å². The minimum atomic E-state index is -0.250. The molecule has 2 aromatic heterocycles. The van der Waals surface area contributed by atoms with Gasteiger partial charge in [0.2, 0.25) is 0 Å². The fourth-order valence-electron chi connectivity index (χ4n) is 2.91. The average molecular weight is 377 g/mol. The van der Waals surface area contributed by atoms with E-state index in [1.165, 1.54) is 0 Å². The molecule has 0 spiro atoms. The molecule has 6 heteroatoms. The van der Waals surface area contributed by atoms with Crippen molar-refractivity contribution in [2.45, 2.75) is 58.0 Å². The molecular weight excluding hydrogens is 352 g/mol. The van der Waals surface area contributed by atoms with Crippen LogP contribution in [0.1, 0.15) is 38.1 Å². The first-order valence-corrected chi connectivity index (χ1v) is 10.1. The number of thiophene rings is 1. The predicted molar refractivity (Wildman–Crippen MR) is 107 cm³/mol. The summed E-state index contributed by atoms with van der Waals surface area (Å²) >= 11 is 3.14. The lowest BCUT2D eigenvalue weighted by atomic mass is 9.94. The Hall–Kier alpha value is -1.37. The van der Waals surface area contributed by atoms with Gasteiger partial charge in [-0.05, 0) is 33.3 Å². The summed E-state index contributed by atoms with van der Waals surface area (Å²) in [7, 11) is 0. The maximum Gasteiger partial charge on any atom is 0.263 e. The molecule has 3 heterocycles. The van der Waals surface area contributed by atoms with Crippen LogP contribution in [0.15, 0.2) is 34.3 Å². The molecule has 3 rings (SSSR count). The molecule has 1 aliphatic heterocycles. The minimum absolute atomic E-state index is 0.0346. The summed E-state index contributed by atoms with van der Waals surface area (Å²) in [5.74, 6) is 0.745. The van der Waals surface area contributed by atoms with E-state index in [0.717, 1.165) is 49.1 Å². The van der Waals surface area contributed by atoms with E-state index in [-0.39, 0.29) is 11.2 Å². The van der Waals surface area contributed by atoms with E-state index < -0.39 is 0 Å². The molecule has 0 N–H and O–H groups in total. The van der Waals surface area contributed by atoms with Crippen molar-refractivity contribution in [3.8, 4) is 0 Å². The number of hydrogen-bond donors (Lipinski definition) is 0. The molecular formula is C19H24N2O2S2. The van der Waals surface area contributed by atoms with Crippen LogP contribution in [0.25, 0.3) is 10.2 Å². The van der Waals surface area contributed by atoms with Gasteiger partial charge in [-0.15, -0.1) is 11.3 Å². The molecule has 0 atom stereocenters. The Labute approximate surface area is 156 Å². The molecule has 2 aromatic rings. The number of aromatic nitrogens is 2. The second kappa shape index (κ2) is 6.74. The van der Waals surface area contributed by atoms with Crippen LogP contribution < -0.4 is 5.56 Å². The second-order valence-corrected chi connectivity index (χ2v) is 9.42. The van der Waals surface area contributed by atoms with E-state index in [1.807, 2.05) is 13.8 Å². The Bertz CT molecular complexity index is 922. The lowest BCUT2D eigenvalue weighted by Crippen LogP contribution is -2.32. The first-order chi connectivity index (χ1) is 11.7. The molecule has 25 heavy (non-hydrogen) atoms. The third-order valence-corrected chi connectivity index (χ3v) is 6.34. The van der Waals surface area contributed by atoms with Crippen LogP contribution in [0.3, 0.4) is 0 Å². The van der Waals surface area contributed by atoms with Gasteiger partial charge in [0.05, 0.1) is 17.6 Å². The Morgan fingerprint density at radius 3 is 2.72 bits per heavy atom. The normalized spacial score (nSPS) is 16.0. The third kappa shape index (κ3) is 3.76. The van der Waals surface area contributed by atoms with E-state index in [1.54, 1.807) is 27.7 Å². The van der Waals surface area contributed by atoms with Gasteiger partial charge in [-0.2, -0.15) is 0 Å². The molecule has 0 aromatic carbocycles. The monoisotopic (exact) mass is 376 g/mol. The fraction of sp³-hybridized carbons (Fsp3) is 0.474. The van der Waals surface area contributed by atoms with E-state index >= 15 is 0 Å². The topological polar surface area (TPSA) is 44.1 Å². The molecule has 0 saturated carbocycles. The Morgan fingerprint density at radius 1 is 1.36 bits per heavy atom. The number of hydrogen-bond acceptors (Lipinski definition) is 5. The van der Waals surface area contributed by atoms with Gasteiger partial charge in [-0.3, -0.25) is 9.36 Å². The maximum absolute atomic E-state index is 13.3. The Balaban J connectivity index is 2.19. The van der Waals surface area contributed by atoms with Gasteiger partial charge in [0.1, 0.15) is 4.83 Å². The van der Waals surface area contributed by atoms with Crippen molar-refractivity contribution in [3.63, 3.8) is 0 Å². The standard InChI is InChI=1S/C19H24N2O2S2/c1-11(2)8-21-17(22)15-13-7-19(5,6)23-9-14(13)25-16(15)20-18(21)24-10-12(3)4/h1,3,7-10H2,2,4-6H3.